The minimum absolute atomic E-state index is 0.240. The number of nitrogens with one attached hydrogen (secondary N) is 2. The molecule has 0 aromatic carbocycles. The third-order valence-electron chi connectivity index (χ3n) is 4.05. The molecule has 0 aliphatic heterocycles. The quantitative estimate of drug-likeness (QED) is 0.882. The number of hydrogen-bond acceptors (Lipinski definition) is 4. The molecule has 1 unspecified atom stereocenters. The zero-order valence-electron chi connectivity index (χ0n) is 11.3. The van der Waals surface area contributed by atoms with Crippen molar-refractivity contribution in [2.45, 2.75) is 45.6 Å². The van der Waals surface area contributed by atoms with E-state index in [4.69, 9.17) is 0 Å². The molecule has 6 heteroatoms. The first-order chi connectivity index (χ1) is 9.15. The van der Waals surface area contributed by atoms with Crippen molar-refractivity contribution in [3.8, 4) is 0 Å². The standard InChI is InChI=1S/C13H19N5O/c1-8(10-5-3-4-6-10)14-11-7-12-16-17-13(19)18(12)9(2)15-11/h7-8,10,14H,3-6H2,1-2H3,(H,17,19). The maximum Gasteiger partial charge on any atom is 0.349 e. The summed E-state index contributed by atoms with van der Waals surface area (Å²) < 4.78 is 1.48. The van der Waals surface area contributed by atoms with E-state index in [9.17, 15) is 4.79 Å². The highest BCUT2D eigenvalue weighted by molar-refractivity contribution is 5.50. The number of aromatic amines is 1. The van der Waals surface area contributed by atoms with Crippen LogP contribution in [0.4, 0.5) is 5.82 Å². The molecule has 1 saturated carbocycles. The second-order valence-corrected chi connectivity index (χ2v) is 5.39. The van der Waals surface area contributed by atoms with E-state index in [2.05, 4.69) is 27.4 Å². The highest BCUT2D eigenvalue weighted by Crippen LogP contribution is 2.29. The van der Waals surface area contributed by atoms with Gasteiger partial charge in [0.25, 0.3) is 0 Å². The first kappa shape index (κ1) is 12.2. The van der Waals surface area contributed by atoms with Gasteiger partial charge in [0.05, 0.1) is 0 Å². The number of aryl methyl sites for hydroxylation is 1. The molecule has 1 aliphatic rings. The highest BCUT2D eigenvalue weighted by Gasteiger charge is 2.21. The molecule has 2 aromatic rings. The number of hydrogen-bond donors (Lipinski definition) is 2. The third kappa shape index (κ3) is 2.22. The summed E-state index contributed by atoms with van der Waals surface area (Å²) in [5.41, 5.74) is 0.369. The Morgan fingerprint density at radius 2 is 2.21 bits per heavy atom. The first-order valence-electron chi connectivity index (χ1n) is 6.86. The van der Waals surface area contributed by atoms with E-state index in [1.165, 1.54) is 30.1 Å². The lowest BCUT2D eigenvalue weighted by Gasteiger charge is -2.21. The van der Waals surface area contributed by atoms with Crippen molar-refractivity contribution in [2.24, 2.45) is 5.92 Å². The van der Waals surface area contributed by atoms with Crippen LogP contribution in [0.15, 0.2) is 10.9 Å². The topological polar surface area (TPSA) is 75.1 Å². The number of H-pyrrole nitrogens is 1. The predicted octanol–water partition coefficient (Wildman–Crippen LogP) is 1.72. The van der Waals surface area contributed by atoms with Gasteiger partial charge in [-0.15, -0.1) is 0 Å². The molecule has 1 atom stereocenters. The van der Waals surface area contributed by atoms with Crippen LogP contribution in [0.2, 0.25) is 0 Å². The minimum Gasteiger partial charge on any atom is -0.367 e. The van der Waals surface area contributed by atoms with Gasteiger partial charge in [-0.05, 0) is 32.6 Å². The van der Waals surface area contributed by atoms with Crippen molar-refractivity contribution in [2.75, 3.05) is 5.32 Å². The fraction of sp³-hybridized carbons (Fsp3) is 0.615. The molecule has 0 saturated heterocycles. The van der Waals surface area contributed by atoms with Crippen molar-refractivity contribution in [1.29, 1.82) is 0 Å². The summed E-state index contributed by atoms with van der Waals surface area (Å²) in [6.07, 6.45) is 5.24. The maximum atomic E-state index is 11.5. The summed E-state index contributed by atoms with van der Waals surface area (Å²) >= 11 is 0. The summed E-state index contributed by atoms with van der Waals surface area (Å²) in [6, 6.07) is 2.22. The molecular formula is C13H19N5O. The average molecular weight is 261 g/mol. The van der Waals surface area contributed by atoms with E-state index >= 15 is 0 Å². The molecule has 0 radical (unpaired) electrons. The van der Waals surface area contributed by atoms with Crippen LogP contribution in [-0.4, -0.2) is 25.6 Å². The normalized spacial score (nSPS) is 18.0. The molecule has 2 heterocycles. The average Bonchev–Trinajstić information content (AvgIpc) is 2.99. The van der Waals surface area contributed by atoms with Gasteiger partial charge >= 0.3 is 5.69 Å². The molecule has 1 aliphatic carbocycles. The maximum absolute atomic E-state index is 11.5. The number of anilines is 1. The van der Waals surface area contributed by atoms with E-state index in [0.717, 1.165) is 11.7 Å². The second kappa shape index (κ2) is 4.68. The fourth-order valence-corrected chi connectivity index (χ4v) is 2.98. The van der Waals surface area contributed by atoms with E-state index in [1.807, 2.05) is 13.0 Å². The van der Waals surface area contributed by atoms with Gasteiger partial charge in [0, 0.05) is 12.1 Å². The Morgan fingerprint density at radius 1 is 1.47 bits per heavy atom. The molecular weight excluding hydrogens is 242 g/mol. The Balaban J connectivity index is 1.86. The van der Waals surface area contributed by atoms with Gasteiger partial charge in [-0.3, -0.25) is 0 Å². The van der Waals surface area contributed by atoms with E-state index in [-0.39, 0.29) is 5.69 Å². The summed E-state index contributed by atoms with van der Waals surface area (Å²) in [5, 5.41) is 9.88. The van der Waals surface area contributed by atoms with Gasteiger partial charge in [-0.25, -0.2) is 19.3 Å². The molecule has 0 bridgehead atoms. The Kier molecular flexibility index (Phi) is 3.00. The van der Waals surface area contributed by atoms with Crippen molar-refractivity contribution >= 4 is 11.5 Å². The van der Waals surface area contributed by atoms with Crippen LogP contribution in [0.25, 0.3) is 5.65 Å². The van der Waals surface area contributed by atoms with Crippen LogP contribution in [0.1, 0.15) is 38.4 Å². The van der Waals surface area contributed by atoms with Gasteiger partial charge in [0.2, 0.25) is 0 Å². The first-order valence-corrected chi connectivity index (χ1v) is 6.86. The third-order valence-corrected chi connectivity index (χ3v) is 4.05. The van der Waals surface area contributed by atoms with Crippen LogP contribution in [0.3, 0.4) is 0 Å². The lowest BCUT2D eigenvalue weighted by molar-refractivity contribution is 0.481. The summed E-state index contributed by atoms with van der Waals surface area (Å²) in [4.78, 5) is 16.0. The molecule has 1 fully saturated rings. The lowest BCUT2D eigenvalue weighted by atomic mass is 10.00. The van der Waals surface area contributed by atoms with Gasteiger partial charge in [-0.2, -0.15) is 5.10 Å². The molecule has 0 spiro atoms. The molecule has 19 heavy (non-hydrogen) atoms. The molecule has 6 nitrogen and oxygen atoms in total. The molecule has 0 amide bonds. The van der Waals surface area contributed by atoms with Crippen molar-refractivity contribution < 1.29 is 0 Å². The molecule has 3 rings (SSSR count). The highest BCUT2D eigenvalue weighted by atomic mass is 16.1. The van der Waals surface area contributed by atoms with Gasteiger partial charge in [-0.1, -0.05) is 12.8 Å². The van der Waals surface area contributed by atoms with Crippen LogP contribution in [-0.2, 0) is 0 Å². The number of nitrogens with zero attached hydrogens (tertiary/aromatic N) is 3. The summed E-state index contributed by atoms with van der Waals surface area (Å²) in [7, 11) is 0. The predicted molar refractivity (Wildman–Crippen MR) is 73.4 cm³/mol. The van der Waals surface area contributed by atoms with Crippen molar-refractivity contribution in [3.63, 3.8) is 0 Å². The largest absolute Gasteiger partial charge is 0.367 e. The molecule has 102 valence electrons. The monoisotopic (exact) mass is 261 g/mol. The molecule has 2 N–H and O–H groups in total. The van der Waals surface area contributed by atoms with Crippen molar-refractivity contribution in [3.05, 3.63) is 22.4 Å². The van der Waals surface area contributed by atoms with Crippen LogP contribution < -0.4 is 11.0 Å². The Bertz CT molecular complexity index is 638. The zero-order chi connectivity index (χ0) is 13.4. The van der Waals surface area contributed by atoms with Crippen molar-refractivity contribution in [1.82, 2.24) is 19.6 Å². The lowest BCUT2D eigenvalue weighted by Crippen LogP contribution is -2.25. The number of fused-ring (bicyclic) bond motifs is 1. The van der Waals surface area contributed by atoms with Crippen LogP contribution in [0, 0.1) is 12.8 Å². The van der Waals surface area contributed by atoms with Gasteiger partial charge in [0.15, 0.2) is 5.65 Å². The number of aromatic nitrogens is 4. The second-order valence-electron chi connectivity index (χ2n) is 5.39. The Hall–Kier alpha value is -1.85. The zero-order valence-corrected chi connectivity index (χ0v) is 11.3. The summed E-state index contributed by atoms with van der Waals surface area (Å²) in [5.74, 6) is 2.17. The summed E-state index contributed by atoms with van der Waals surface area (Å²) in [6.45, 7) is 4.02. The van der Waals surface area contributed by atoms with E-state index < -0.39 is 0 Å². The smallest absolute Gasteiger partial charge is 0.349 e. The Labute approximate surface area is 111 Å². The Morgan fingerprint density at radius 3 is 2.95 bits per heavy atom. The van der Waals surface area contributed by atoms with Crippen LogP contribution in [0.5, 0.6) is 0 Å². The van der Waals surface area contributed by atoms with Crippen LogP contribution >= 0.6 is 0 Å². The molecule has 2 aromatic heterocycles. The minimum atomic E-state index is -0.240. The fourth-order valence-electron chi connectivity index (χ4n) is 2.98. The van der Waals surface area contributed by atoms with Gasteiger partial charge < -0.3 is 5.32 Å². The van der Waals surface area contributed by atoms with Gasteiger partial charge in [0.1, 0.15) is 11.6 Å². The number of rotatable bonds is 3. The SMILES string of the molecule is Cc1nc(NC(C)C2CCCC2)cc2n[nH]c(=O)n12. The van der Waals surface area contributed by atoms with E-state index in [1.54, 1.807) is 0 Å². The van der Waals surface area contributed by atoms with E-state index in [0.29, 0.717) is 17.5 Å².